The molecular formula is C15H14F2N2O2. The van der Waals surface area contributed by atoms with Crippen LogP contribution in [0.5, 0.6) is 5.75 Å². The molecule has 0 fully saturated rings. The summed E-state index contributed by atoms with van der Waals surface area (Å²) in [6.07, 6.45) is 0. The molecule has 0 saturated heterocycles. The zero-order chi connectivity index (χ0) is 15.4. The Morgan fingerprint density at radius 1 is 1.19 bits per heavy atom. The van der Waals surface area contributed by atoms with Crippen molar-refractivity contribution in [3.8, 4) is 5.75 Å². The van der Waals surface area contributed by atoms with E-state index in [0.717, 1.165) is 6.07 Å². The van der Waals surface area contributed by atoms with Gasteiger partial charge in [0.05, 0.1) is 24.0 Å². The fraction of sp³-hybridized carbons (Fsp3) is 0.133. The average Bonchev–Trinajstić information content (AvgIpc) is 2.48. The minimum Gasteiger partial charge on any atom is -0.494 e. The van der Waals surface area contributed by atoms with Crippen molar-refractivity contribution in [1.29, 1.82) is 0 Å². The van der Waals surface area contributed by atoms with E-state index >= 15 is 0 Å². The van der Waals surface area contributed by atoms with Gasteiger partial charge in [-0.2, -0.15) is 0 Å². The molecule has 0 atom stereocenters. The van der Waals surface area contributed by atoms with E-state index in [9.17, 15) is 13.6 Å². The molecule has 0 aliphatic heterocycles. The maximum absolute atomic E-state index is 13.6. The van der Waals surface area contributed by atoms with E-state index in [1.165, 1.54) is 44.5 Å². The normalized spacial score (nSPS) is 10.1. The summed E-state index contributed by atoms with van der Waals surface area (Å²) in [7, 11) is 2.89. The van der Waals surface area contributed by atoms with Gasteiger partial charge in [0.25, 0.3) is 5.91 Å². The van der Waals surface area contributed by atoms with Gasteiger partial charge in [0.2, 0.25) is 0 Å². The van der Waals surface area contributed by atoms with Gasteiger partial charge >= 0.3 is 0 Å². The van der Waals surface area contributed by atoms with Crippen molar-refractivity contribution < 1.29 is 18.3 Å². The highest BCUT2D eigenvalue weighted by molar-refractivity contribution is 6.08. The highest BCUT2D eigenvalue weighted by atomic mass is 19.1. The Bertz CT molecular complexity index is 675. The van der Waals surface area contributed by atoms with Crippen LogP contribution < -0.4 is 15.4 Å². The molecule has 6 heteroatoms. The van der Waals surface area contributed by atoms with E-state index < -0.39 is 17.5 Å². The molecule has 4 nitrogen and oxygen atoms in total. The zero-order valence-corrected chi connectivity index (χ0v) is 11.5. The first-order valence-electron chi connectivity index (χ1n) is 6.18. The number of anilines is 2. The predicted octanol–water partition coefficient (Wildman–Crippen LogP) is 3.27. The number of halogens is 2. The molecule has 2 aromatic rings. The Balaban J connectivity index is 2.33. The molecular weight excluding hydrogens is 278 g/mol. The molecule has 0 unspecified atom stereocenters. The fourth-order valence-electron chi connectivity index (χ4n) is 1.93. The van der Waals surface area contributed by atoms with Crippen molar-refractivity contribution in [3.05, 3.63) is 53.6 Å². The van der Waals surface area contributed by atoms with Crippen molar-refractivity contribution in [2.45, 2.75) is 0 Å². The monoisotopic (exact) mass is 292 g/mol. The highest BCUT2D eigenvalue weighted by Gasteiger charge is 2.16. The van der Waals surface area contributed by atoms with Gasteiger partial charge in [-0.15, -0.1) is 0 Å². The van der Waals surface area contributed by atoms with Crippen LogP contribution in [0, 0.1) is 11.6 Å². The Labute approximate surface area is 120 Å². The first kappa shape index (κ1) is 14.8. The summed E-state index contributed by atoms with van der Waals surface area (Å²) in [5.41, 5.74) is 0.537. The van der Waals surface area contributed by atoms with Crippen LogP contribution in [0.3, 0.4) is 0 Å². The maximum Gasteiger partial charge on any atom is 0.257 e. The SMILES string of the molecule is CNc1c(F)cccc1C(=O)Nc1ccc(F)cc1OC. The summed E-state index contributed by atoms with van der Waals surface area (Å²) in [4.78, 5) is 12.2. The quantitative estimate of drug-likeness (QED) is 0.909. The zero-order valence-electron chi connectivity index (χ0n) is 11.5. The molecule has 21 heavy (non-hydrogen) atoms. The molecule has 0 heterocycles. The second-order valence-electron chi connectivity index (χ2n) is 4.21. The van der Waals surface area contributed by atoms with Gasteiger partial charge in [0, 0.05) is 13.1 Å². The third-order valence-electron chi connectivity index (χ3n) is 2.92. The van der Waals surface area contributed by atoms with E-state index in [2.05, 4.69) is 10.6 Å². The number of methoxy groups -OCH3 is 1. The molecule has 2 N–H and O–H groups in total. The summed E-state index contributed by atoms with van der Waals surface area (Å²) < 4.78 is 31.7. The standard InChI is InChI=1S/C15H14F2N2O2/c1-18-14-10(4-3-5-11(14)17)15(20)19-12-7-6-9(16)8-13(12)21-2/h3-8,18H,1-2H3,(H,19,20). The smallest absolute Gasteiger partial charge is 0.257 e. The van der Waals surface area contributed by atoms with Crippen molar-refractivity contribution in [2.24, 2.45) is 0 Å². The fourth-order valence-corrected chi connectivity index (χ4v) is 1.93. The van der Waals surface area contributed by atoms with Gasteiger partial charge in [0.15, 0.2) is 0 Å². The number of carbonyl (C=O) groups excluding carboxylic acids is 1. The molecule has 0 aliphatic rings. The summed E-state index contributed by atoms with van der Waals surface area (Å²) in [6, 6.07) is 7.90. The maximum atomic E-state index is 13.6. The summed E-state index contributed by atoms with van der Waals surface area (Å²) in [5.74, 6) is -1.35. The Kier molecular flexibility index (Phi) is 4.37. The minimum atomic E-state index is -0.531. The molecule has 0 radical (unpaired) electrons. The van der Waals surface area contributed by atoms with Crippen molar-refractivity contribution in [2.75, 3.05) is 24.8 Å². The predicted molar refractivity (Wildman–Crippen MR) is 76.9 cm³/mol. The Morgan fingerprint density at radius 3 is 2.62 bits per heavy atom. The minimum absolute atomic E-state index is 0.0936. The molecule has 0 aromatic heterocycles. The largest absolute Gasteiger partial charge is 0.494 e. The molecule has 0 bridgehead atoms. The van der Waals surface area contributed by atoms with Gasteiger partial charge in [0.1, 0.15) is 17.4 Å². The highest BCUT2D eigenvalue weighted by Crippen LogP contribution is 2.27. The van der Waals surface area contributed by atoms with Crippen molar-refractivity contribution in [3.63, 3.8) is 0 Å². The molecule has 2 aromatic carbocycles. The van der Waals surface area contributed by atoms with Crippen LogP contribution >= 0.6 is 0 Å². The number of hydrogen-bond donors (Lipinski definition) is 2. The first-order chi connectivity index (χ1) is 10.1. The molecule has 0 aliphatic carbocycles. The van der Waals surface area contributed by atoms with Crippen LogP contribution in [0.2, 0.25) is 0 Å². The number of benzene rings is 2. The van der Waals surface area contributed by atoms with Crippen LogP contribution in [-0.2, 0) is 0 Å². The van der Waals surface area contributed by atoms with Gasteiger partial charge in [-0.25, -0.2) is 8.78 Å². The molecule has 0 spiro atoms. The number of ether oxygens (including phenoxy) is 1. The van der Waals surface area contributed by atoms with Gasteiger partial charge in [-0.05, 0) is 24.3 Å². The Morgan fingerprint density at radius 2 is 1.95 bits per heavy atom. The lowest BCUT2D eigenvalue weighted by Gasteiger charge is -2.13. The lowest BCUT2D eigenvalue weighted by molar-refractivity contribution is 0.102. The number of hydrogen-bond acceptors (Lipinski definition) is 3. The summed E-state index contributed by atoms with van der Waals surface area (Å²) in [6.45, 7) is 0. The molecule has 1 amide bonds. The van der Waals surface area contributed by atoms with Gasteiger partial charge < -0.3 is 15.4 Å². The van der Waals surface area contributed by atoms with Crippen LogP contribution in [0.4, 0.5) is 20.2 Å². The number of amides is 1. The number of rotatable bonds is 4. The van der Waals surface area contributed by atoms with Gasteiger partial charge in [-0.1, -0.05) is 6.07 Å². The van der Waals surface area contributed by atoms with E-state index in [0.29, 0.717) is 5.69 Å². The lowest BCUT2D eigenvalue weighted by Crippen LogP contribution is -2.15. The van der Waals surface area contributed by atoms with E-state index in [1.807, 2.05) is 0 Å². The second-order valence-corrected chi connectivity index (χ2v) is 4.21. The number of carbonyl (C=O) groups is 1. The molecule has 110 valence electrons. The Hall–Kier alpha value is -2.63. The first-order valence-corrected chi connectivity index (χ1v) is 6.18. The van der Waals surface area contributed by atoms with Crippen LogP contribution in [0.1, 0.15) is 10.4 Å². The third kappa shape index (κ3) is 3.10. The van der Waals surface area contributed by atoms with Crippen molar-refractivity contribution >= 4 is 17.3 Å². The van der Waals surface area contributed by atoms with Gasteiger partial charge in [-0.3, -0.25) is 4.79 Å². The van der Waals surface area contributed by atoms with E-state index in [4.69, 9.17) is 4.74 Å². The summed E-state index contributed by atoms with van der Waals surface area (Å²) in [5, 5.41) is 5.21. The molecule has 0 saturated carbocycles. The molecule has 2 rings (SSSR count). The van der Waals surface area contributed by atoms with Crippen LogP contribution in [0.25, 0.3) is 0 Å². The third-order valence-corrected chi connectivity index (χ3v) is 2.92. The average molecular weight is 292 g/mol. The van der Waals surface area contributed by atoms with E-state index in [1.54, 1.807) is 0 Å². The lowest BCUT2D eigenvalue weighted by atomic mass is 10.1. The topological polar surface area (TPSA) is 50.4 Å². The van der Waals surface area contributed by atoms with Crippen molar-refractivity contribution in [1.82, 2.24) is 0 Å². The van der Waals surface area contributed by atoms with Crippen LogP contribution in [0.15, 0.2) is 36.4 Å². The summed E-state index contributed by atoms with van der Waals surface area (Å²) >= 11 is 0. The second kappa shape index (κ2) is 6.21. The van der Waals surface area contributed by atoms with Crippen LogP contribution in [-0.4, -0.2) is 20.1 Å². The number of para-hydroxylation sites is 1. The number of nitrogens with one attached hydrogen (secondary N) is 2. The van der Waals surface area contributed by atoms with E-state index in [-0.39, 0.29) is 17.0 Å².